The number of piperazine rings is 1. The normalized spacial score (nSPS) is 27.4. The van der Waals surface area contributed by atoms with Gasteiger partial charge in [0.2, 0.25) is 11.8 Å². The van der Waals surface area contributed by atoms with Gasteiger partial charge in [-0.1, -0.05) is 31.2 Å². The number of hydrogen-bond acceptors (Lipinski definition) is 12. The number of imide groups is 2. The van der Waals surface area contributed by atoms with Crippen molar-refractivity contribution in [3.05, 3.63) is 82.8 Å². The lowest BCUT2D eigenvalue weighted by Gasteiger charge is -2.47. The predicted molar refractivity (Wildman–Crippen MR) is 211 cm³/mol. The summed E-state index contributed by atoms with van der Waals surface area (Å²) in [7, 11) is 4.19. The van der Waals surface area contributed by atoms with Gasteiger partial charge in [-0.3, -0.25) is 34.3 Å². The van der Waals surface area contributed by atoms with Gasteiger partial charge in [0.1, 0.15) is 23.8 Å². The summed E-state index contributed by atoms with van der Waals surface area (Å²) >= 11 is 0. The second-order valence-electron chi connectivity index (χ2n) is 15.9. The van der Waals surface area contributed by atoms with Crippen molar-refractivity contribution < 1.29 is 28.7 Å². The second-order valence-corrected chi connectivity index (χ2v) is 15.9. The molecule has 14 nitrogen and oxygen atoms in total. The van der Waals surface area contributed by atoms with Crippen LogP contribution >= 0.6 is 0 Å². The Labute approximate surface area is 328 Å². The fourth-order valence-electron chi connectivity index (χ4n) is 8.54. The number of nitrogens with one attached hydrogen (secondary N) is 2. The van der Waals surface area contributed by atoms with Gasteiger partial charge >= 0.3 is 0 Å². The first kappa shape index (κ1) is 40.7. The molecule has 0 aliphatic carbocycles. The van der Waals surface area contributed by atoms with E-state index in [2.05, 4.69) is 39.3 Å². The topological polar surface area (TPSA) is 181 Å². The average molecular weight is 774 g/mol. The number of alkyl halides is 1. The quantitative estimate of drug-likeness (QED) is 0.279. The van der Waals surface area contributed by atoms with Gasteiger partial charge in [0.05, 0.1) is 22.9 Å². The van der Waals surface area contributed by atoms with E-state index in [0.29, 0.717) is 40.8 Å². The summed E-state index contributed by atoms with van der Waals surface area (Å²) in [6.07, 6.45) is 3.43. The van der Waals surface area contributed by atoms with Gasteiger partial charge in [-0.05, 0) is 82.1 Å². The Balaban J connectivity index is 0.000000167. The highest BCUT2D eigenvalue weighted by molar-refractivity contribution is 6.23. The Bertz CT molecular complexity index is 1810. The van der Waals surface area contributed by atoms with Crippen LogP contribution in [0, 0.1) is 11.8 Å². The maximum Gasteiger partial charge on any atom is 0.262 e. The van der Waals surface area contributed by atoms with Crippen molar-refractivity contribution in [2.24, 2.45) is 23.3 Å². The third kappa shape index (κ3) is 9.33. The number of piperidine rings is 2. The summed E-state index contributed by atoms with van der Waals surface area (Å²) in [6.45, 7) is 11.5. The minimum absolute atomic E-state index is 0.129. The maximum atomic E-state index is 12.4. The van der Waals surface area contributed by atoms with Crippen LogP contribution in [0.25, 0.3) is 5.70 Å². The number of rotatable bonds is 5. The van der Waals surface area contributed by atoms with E-state index in [-0.39, 0.29) is 24.5 Å². The fourth-order valence-corrected chi connectivity index (χ4v) is 8.54. The molecule has 0 aromatic heterocycles. The molecule has 5 atom stereocenters. The molecule has 4 unspecified atom stereocenters. The maximum absolute atomic E-state index is 12.4. The molecule has 0 radical (unpaired) electrons. The van der Waals surface area contributed by atoms with Crippen molar-refractivity contribution in [2.45, 2.75) is 50.9 Å². The summed E-state index contributed by atoms with van der Waals surface area (Å²) in [5, 5.41) is 15.6. The van der Waals surface area contributed by atoms with Crippen molar-refractivity contribution >= 4 is 29.3 Å². The molecule has 15 heteroatoms. The van der Waals surface area contributed by atoms with Crippen molar-refractivity contribution in [3.8, 4) is 5.75 Å². The summed E-state index contributed by atoms with van der Waals surface area (Å²) in [4.78, 5) is 57.6. The van der Waals surface area contributed by atoms with E-state index in [9.17, 15) is 28.7 Å². The lowest BCUT2D eigenvalue weighted by Crippen LogP contribution is -2.60. The van der Waals surface area contributed by atoms with Gasteiger partial charge in [-0.2, -0.15) is 0 Å². The van der Waals surface area contributed by atoms with Gasteiger partial charge in [-0.15, -0.1) is 0 Å². The molecule has 6 aliphatic rings. The number of carbonyl (C=O) groups is 4. The zero-order valence-electron chi connectivity index (χ0n) is 32.6. The summed E-state index contributed by atoms with van der Waals surface area (Å²) in [6, 6.07) is 13.0. The third-order valence-electron chi connectivity index (χ3n) is 11.5. The average Bonchev–Trinajstić information content (AvgIpc) is 3.62. The van der Waals surface area contributed by atoms with E-state index in [1.54, 1.807) is 36.4 Å². The third-order valence-corrected chi connectivity index (χ3v) is 11.5. The van der Waals surface area contributed by atoms with Crippen molar-refractivity contribution in [1.82, 2.24) is 35.1 Å². The Morgan fingerprint density at radius 1 is 0.911 bits per heavy atom. The number of hydrogen-bond donors (Lipinski definition) is 5. The van der Waals surface area contributed by atoms with Crippen LogP contribution in [-0.4, -0.2) is 144 Å². The first-order chi connectivity index (χ1) is 26.8. The molecule has 7 N–H and O–H groups in total. The van der Waals surface area contributed by atoms with Crippen LogP contribution in [0.1, 0.15) is 58.9 Å². The van der Waals surface area contributed by atoms with E-state index >= 15 is 0 Å². The summed E-state index contributed by atoms with van der Waals surface area (Å²) in [5.41, 5.74) is 15.3. The molecule has 6 aliphatic heterocycles. The number of likely N-dealkylation sites (tertiary alicyclic amines) is 2. The number of benzene rings is 2. The van der Waals surface area contributed by atoms with Gasteiger partial charge < -0.3 is 36.6 Å². The molecule has 0 spiro atoms. The first-order valence-corrected chi connectivity index (χ1v) is 19.6. The molecule has 0 saturated carbocycles. The number of nitrogens with two attached hydrogens (primary N) is 2. The van der Waals surface area contributed by atoms with Gasteiger partial charge in [0.15, 0.2) is 0 Å². The predicted octanol–water partition coefficient (Wildman–Crippen LogP) is 1.74. The number of nitrogens with zero attached hydrogens (tertiary/aromatic N) is 5. The first-order valence-electron chi connectivity index (χ1n) is 19.6. The van der Waals surface area contributed by atoms with E-state index in [1.165, 1.54) is 19.6 Å². The number of fused-ring (bicyclic) bond motifs is 2. The van der Waals surface area contributed by atoms with Crippen LogP contribution in [0.3, 0.4) is 0 Å². The molecule has 56 heavy (non-hydrogen) atoms. The highest BCUT2D eigenvalue weighted by atomic mass is 19.1. The van der Waals surface area contributed by atoms with Crippen LogP contribution in [0.2, 0.25) is 0 Å². The molecule has 4 fully saturated rings. The SMILES string of the molecule is CC1CN(C)C[C@@H]1CN1CCN2C(/C=C(\N)c3ccccc3O)=C(N)NCC2C1.CN1CCCC(F)C1.O=C1CCC(N2C(=O)c3ccccc3C2=O)C(=O)N1. The Morgan fingerprint density at radius 3 is 2.21 bits per heavy atom. The Hall–Kier alpha value is -4.99. The molecule has 6 heterocycles. The number of halogens is 1. The zero-order chi connectivity index (χ0) is 40.1. The lowest BCUT2D eigenvalue weighted by molar-refractivity contribution is -0.136. The van der Waals surface area contributed by atoms with Crippen LogP contribution in [-0.2, 0) is 9.59 Å². The molecule has 4 amide bonds. The minimum atomic E-state index is -0.898. The van der Waals surface area contributed by atoms with Crippen LogP contribution in [0.5, 0.6) is 5.75 Å². The van der Waals surface area contributed by atoms with Gasteiger partial charge in [0, 0.05) is 70.0 Å². The van der Waals surface area contributed by atoms with E-state index in [1.807, 2.05) is 30.2 Å². The zero-order valence-corrected chi connectivity index (χ0v) is 32.6. The number of allylic oxidation sites excluding steroid dienone is 1. The highest BCUT2D eigenvalue weighted by Crippen LogP contribution is 2.29. The molecular formula is C41H56FN9O5. The van der Waals surface area contributed by atoms with Crippen LogP contribution in [0.15, 0.2) is 66.1 Å². The van der Waals surface area contributed by atoms with Gasteiger partial charge in [-0.25, -0.2) is 4.39 Å². The molecule has 8 rings (SSSR count). The molecule has 302 valence electrons. The summed E-state index contributed by atoms with van der Waals surface area (Å²) in [5.74, 6) is 0.420. The smallest absolute Gasteiger partial charge is 0.262 e. The number of para-hydroxylation sites is 1. The minimum Gasteiger partial charge on any atom is -0.507 e. The molecule has 2 aromatic carbocycles. The molecule has 2 aromatic rings. The monoisotopic (exact) mass is 773 g/mol. The van der Waals surface area contributed by atoms with Crippen LogP contribution in [0.4, 0.5) is 4.39 Å². The summed E-state index contributed by atoms with van der Waals surface area (Å²) < 4.78 is 12.4. The van der Waals surface area contributed by atoms with E-state index in [0.717, 1.165) is 68.0 Å². The van der Waals surface area contributed by atoms with Crippen molar-refractivity contribution in [1.29, 1.82) is 0 Å². The second kappa shape index (κ2) is 17.9. The molecule has 0 bridgehead atoms. The van der Waals surface area contributed by atoms with E-state index < -0.39 is 29.9 Å². The number of carbonyl (C=O) groups excluding carboxylic acids is 4. The largest absolute Gasteiger partial charge is 0.507 e. The number of phenolic OH excluding ortho intramolecular Hbond substituents is 1. The number of phenols is 1. The highest BCUT2D eigenvalue weighted by Gasteiger charge is 2.44. The van der Waals surface area contributed by atoms with Crippen molar-refractivity contribution in [3.63, 3.8) is 0 Å². The van der Waals surface area contributed by atoms with Crippen LogP contribution < -0.4 is 22.1 Å². The lowest BCUT2D eigenvalue weighted by atomic mass is 9.96. The standard InChI is InChI=1S/C22H34N6O.C13H10N2O4.C6H12FN/c1-15-11-26(2)12-16(15)13-27-7-8-28-17(14-27)10-25-22(24)20(28)9-19(23)18-5-3-4-6-21(18)29;16-10-6-5-9(11(17)14-10)15-12(18)7-3-1-2-4-8(7)13(15)19;1-8-4-2-3-6(7)5-8/h3-6,9,15-17,25,29H,7-8,10-14,23-24H2,1-2H3;1-4,9H,5-6H2,(H,14,16,17);6H,2-5H2,1H3/b19-9-;;/t15?,16-,17?;;/m1../s1. The fraction of sp³-hybridized carbons (Fsp3) is 0.512. The van der Waals surface area contributed by atoms with Crippen molar-refractivity contribution in [2.75, 3.05) is 73.0 Å². The molecule has 4 saturated heterocycles. The Morgan fingerprint density at radius 2 is 1.61 bits per heavy atom. The number of aromatic hydroxyl groups is 1. The van der Waals surface area contributed by atoms with E-state index in [4.69, 9.17) is 11.5 Å². The number of amides is 4. The Kier molecular flexibility index (Phi) is 13.0. The van der Waals surface area contributed by atoms with Gasteiger partial charge in [0.25, 0.3) is 11.8 Å². The molecular weight excluding hydrogens is 718 g/mol.